The maximum Gasteiger partial charge on any atom is 0.297 e. The molecule has 0 amide bonds. The van der Waals surface area contributed by atoms with Crippen molar-refractivity contribution in [3.8, 4) is 23.0 Å². The first-order valence-corrected chi connectivity index (χ1v) is 10.3. The van der Waals surface area contributed by atoms with Gasteiger partial charge in [0.15, 0.2) is 17.2 Å². The monoisotopic (exact) mass is 530 g/mol. The first kappa shape index (κ1) is 24.6. The average Bonchev–Trinajstić information content (AvgIpc) is 2.76. The molecule has 0 N–H and O–H groups in total. The van der Waals surface area contributed by atoms with Crippen LogP contribution in [0.4, 0.5) is 17.6 Å². The minimum absolute atomic E-state index is 0.000341. The van der Waals surface area contributed by atoms with E-state index in [0.717, 1.165) is 23.0 Å². The number of aromatic nitrogens is 2. The molecule has 0 spiro atoms. The van der Waals surface area contributed by atoms with Crippen molar-refractivity contribution in [2.75, 3.05) is 14.2 Å². The van der Waals surface area contributed by atoms with Crippen LogP contribution in [0.5, 0.6) is 23.0 Å². The van der Waals surface area contributed by atoms with E-state index in [9.17, 15) is 22.4 Å². The molecule has 3 aromatic rings. The van der Waals surface area contributed by atoms with E-state index < -0.39 is 34.9 Å². The molecule has 6 nitrogen and oxygen atoms in total. The second-order valence-electron chi connectivity index (χ2n) is 7.03. The first-order chi connectivity index (χ1) is 15.5. The van der Waals surface area contributed by atoms with Crippen LogP contribution >= 0.6 is 15.9 Å². The molecule has 0 saturated heterocycles. The molecule has 0 aliphatic rings. The van der Waals surface area contributed by atoms with Crippen LogP contribution < -0.4 is 19.8 Å². The van der Waals surface area contributed by atoms with E-state index in [4.69, 9.17) is 14.2 Å². The number of alkyl halides is 4. The van der Waals surface area contributed by atoms with Crippen LogP contribution in [0.25, 0.3) is 0 Å². The standard InChI is InChI=1S/C22H19BrF4N2O4/c1-22(26,27)19-18(33-16-9-13(20(24)25)8-15(23)17(16)32-3)21(30)29(11-28-19)10-12-4-6-14(31-2)7-5-12/h4-9,11,20H,10H2,1-3H3. The molecule has 0 aliphatic heterocycles. The number of hydrogen-bond donors (Lipinski definition) is 0. The molecule has 0 aliphatic carbocycles. The molecular formula is C22H19BrF4N2O4. The summed E-state index contributed by atoms with van der Waals surface area (Å²) in [6.45, 7) is 0.553. The Bertz CT molecular complexity index is 1190. The second-order valence-corrected chi connectivity index (χ2v) is 7.88. The Morgan fingerprint density at radius 3 is 2.30 bits per heavy atom. The smallest absolute Gasteiger partial charge is 0.297 e. The predicted octanol–water partition coefficient (Wildman–Crippen LogP) is 5.91. The fraction of sp³-hybridized carbons (Fsp3) is 0.273. The fourth-order valence-electron chi connectivity index (χ4n) is 3.01. The molecule has 11 heteroatoms. The molecule has 0 unspecified atom stereocenters. The number of hydrogen-bond acceptors (Lipinski definition) is 5. The largest absolute Gasteiger partial charge is 0.497 e. The molecular weight excluding hydrogens is 512 g/mol. The maximum absolute atomic E-state index is 14.2. The molecule has 1 aromatic heterocycles. The van der Waals surface area contributed by atoms with Crippen molar-refractivity contribution in [3.05, 3.63) is 74.4 Å². The minimum atomic E-state index is -3.54. The zero-order chi connectivity index (χ0) is 24.3. The second kappa shape index (κ2) is 9.82. The molecule has 2 aromatic carbocycles. The summed E-state index contributed by atoms with van der Waals surface area (Å²) < 4.78 is 72.0. The highest BCUT2D eigenvalue weighted by Gasteiger charge is 2.34. The first-order valence-electron chi connectivity index (χ1n) is 9.49. The molecule has 1 heterocycles. The topological polar surface area (TPSA) is 62.6 Å². The van der Waals surface area contributed by atoms with E-state index >= 15 is 0 Å². The van der Waals surface area contributed by atoms with E-state index in [1.807, 2.05) is 0 Å². The summed E-state index contributed by atoms with van der Waals surface area (Å²) in [5.41, 5.74) is -1.64. The molecule has 0 saturated carbocycles. The van der Waals surface area contributed by atoms with E-state index in [1.165, 1.54) is 14.2 Å². The SMILES string of the molecule is COc1ccc(Cn2cnc(C(C)(F)F)c(Oc3cc(C(F)F)cc(Br)c3OC)c2=O)cc1. The summed E-state index contributed by atoms with van der Waals surface area (Å²) in [7, 11) is 2.75. The summed E-state index contributed by atoms with van der Waals surface area (Å²) in [5.74, 6) is -4.12. The van der Waals surface area contributed by atoms with Gasteiger partial charge < -0.3 is 14.2 Å². The van der Waals surface area contributed by atoms with Gasteiger partial charge in [-0.15, -0.1) is 0 Å². The number of benzene rings is 2. The van der Waals surface area contributed by atoms with Gasteiger partial charge in [-0.1, -0.05) is 12.1 Å². The zero-order valence-corrected chi connectivity index (χ0v) is 19.3. The third-order valence-corrected chi connectivity index (χ3v) is 5.21. The van der Waals surface area contributed by atoms with Gasteiger partial charge in [-0.25, -0.2) is 13.8 Å². The van der Waals surface area contributed by atoms with Crippen molar-refractivity contribution in [2.24, 2.45) is 0 Å². The van der Waals surface area contributed by atoms with Gasteiger partial charge in [-0.3, -0.25) is 9.36 Å². The van der Waals surface area contributed by atoms with Gasteiger partial charge in [0.2, 0.25) is 5.75 Å². The predicted molar refractivity (Wildman–Crippen MR) is 116 cm³/mol. The number of ether oxygens (including phenoxy) is 3. The van der Waals surface area contributed by atoms with Crippen LogP contribution in [0.3, 0.4) is 0 Å². The lowest BCUT2D eigenvalue weighted by molar-refractivity contribution is 0.0100. The Balaban J connectivity index is 2.11. The van der Waals surface area contributed by atoms with Gasteiger partial charge in [0.25, 0.3) is 17.9 Å². The van der Waals surface area contributed by atoms with Crippen molar-refractivity contribution in [3.63, 3.8) is 0 Å². The number of rotatable bonds is 8. The lowest BCUT2D eigenvalue weighted by Crippen LogP contribution is -2.27. The molecule has 0 radical (unpaired) electrons. The van der Waals surface area contributed by atoms with Gasteiger partial charge in [-0.05, 0) is 45.8 Å². The van der Waals surface area contributed by atoms with Crippen molar-refractivity contribution in [1.29, 1.82) is 0 Å². The minimum Gasteiger partial charge on any atom is -0.497 e. The molecule has 0 atom stereocenters. The lowest BCUT2D eigenvalue weighted by Gasteiger charge is -2.18. The van der Waals surface area contributed by atoms with E-state index in [-0.39, 0.29) is 22.5 Å². The van der Waals surface area contributed by atoms with Gasteiger partial charge >= 0.3 is 0 Å². The average molecular weight is 531 g/mol. The Morgan fingerprint density at radius 1 is 1.09 bits per heavy atom. The van der Waals surface area contributed by atoms with Crippen molar-refractivity contribution < 1.29 is 31.8 Å². The van der Waals surface area contributed by atoms with Crippen LogP contribution in [0.1, 0.15) is 30.2 Å². The van der Waals surface area contributed by atoms with Crippen LogP contribution in [-0.4, -0.2) is 23.8 Å². The Labute approximate surface area is 194 Å². The molecule has 176 valence electrons. The number of methoxy groups -OCH3 is 2. The van der Waals surface area contributed by atoms with E-state index in [1.54, 1.807) is 24.3 Å². The quantitative estimate of drug-likeness (QED) is 0.338. The summed E-state index contributed by atoms with van der Waals surface area (Å²) in [6, 6.07) is 8.78. The van der Waals surface area contributed by atoms with Gasteiger partial charge in [0.1, 0.15) is 5.75 Å². The summed E-state index contributed by atoms with van der Waals surface area (Å²) >= 11 is 3.09. The van der Waals surface area contributed by atoms with Gasteiger partial charge in [0.05, 0.1) is 31.6 Å². The Morgan fingerprint density at radius 2 is 1.76 bits per heavy atom. The van der Waals surface area contributed by atoms with Crippen LogP contribution in [0.15, 0.2) is 52.0 Å². The summed E-state index contributed by atoms with van der Waals surface area (Å²) in [6.07, 6.45) is -1.89. The Kier molecular flexibility index (Phi) is 7.31. The van der Waals surface area contributed by atoms with Gasteiger partial charge in [-0.2, -0.15) is 8.78 Å². The van der Waals surface area contributed by atoms with Crippen molar-refractivity contribution in [1.82, 2.24) is 9.55 Å². The molecule has 3 rings (SSSR count). The Hall–Kier alpha value is -3.08. The van der Waals surface area contributed by atoms with E-state index in [0.29, 0.717) is 18.2 Å². The van der Waals surface area contributed by atoms with Crippen LogP contribution in [0, 0.1) is 0 Å². The number of nitrogens with zero attached hydrogens (tertiary/aromatic N) is 2. The molecule has 0 fully saturated rings. The summed E-state index contributed by atoms with van der Waals surface area (Å²) in [4.78, 5) is 16.8. The summed E-state index contributed by atoms with van der Waals surface area (Å²) in [5, 5.41) is 0. The third-order valence-electron chi connectivity index (χ3n) is 4.62. The van der Waals surface area contributed by atoms with Crippen LogP contribution in [0.2, 0.25) is 0 Å². The maximum atomic E-state index is 14.2. The fourth-order valence-corrected chi connectivity index (χ4v) is 3.63. The van der Waals surface area contributed by atoms with E-state index in [2.05, 4.69) is 20.9 Å². The number of halogens is 5. The molecule has 33 heavy (non-hydrogen) atoms. The lowest BCUT2D eigenvalue weighted by atomic mass is 10.2. The normalized spacial score (nSPS) is 11.5. The van der Waals surface area contributed by atoms with Crippen molar-refractivity contribution >= 4 is 15.9 Å². The zero-order valence-electron chi connectivity index (χ0n) is 17.7. The van der Waals surface area contributed by atoms with Crippen LogP contribution in [-0.2, 0) is 12.5 Å². The molecule has 0 bridgehead atoms. The van der Waals surface area contributed by atoms with Crippen molar-refractivity contribution in [2.45, 2.75) is 25.8 Å². The highest BCUT2D eigenvalue weighted by molar-refractivity contribution is 9.10. The highest BCUT2D eigenvalue weighted by atomic mass is 79.9. The third kappa shape index (κ3) is 5.47. The highest BCUT2D eigenvalue weighted by Crippen LogP contribution is 2.42. The van der Waals surface area contributed by atoms with Gasteiger partial charge in [0, 0.05) is 12.5 Å².